The van der Waals surface area contributed by atoms with E-state index in [9.17, 15) is 19.6 Å². The fraction of sp³-hybridized carbons (Fsp3) is 0.111. The summed E-state index contributed by atoms with van der Waals surface area (Å²) in [5.74, 6) is -0.856. The van der Waals surface area contributed by atoms with Crippen LogP contribution in [-0.2, 0) is 14.3 Å². The van der Waals surface area contributed by atoms with Crippen LogP contribution >= 0.6 is 34.2 Å². The van der Waals surface area contributed by atoms with Crippen LogP contribution in [0.25, 0.3) is 6.08 Å². The fourth-order valence-electron chi connectivity index (χ4n) is 3.15. The molecule has 0 fully saturated rings. The third-order valence-corrected chi connectivity index (χ3v) is 6.02. The van der Waals surface area contributed by atoms with Crippen LogP contribution in [0.1, 0.15) is 15.9 Å². The number of carbonyl (C=O) groups is 3. The fourth-order valence-corrected chi connectivity index (χ4v) is 4.06. The first-order valence-corrected chi connectivity index (χ1v) is 12.4. The minimum absolute atomic E-state index is 0.157. The van der Waals surface area contributed by atoms with Crippen molar-refractivity contribution in [3.63, 3.8) is 0 Å². The van der Waals surface area contributed by atoms with Crippen LogP contribution in [0.15, 0.2) is 66.2 Å². The van der Waals surface area contributed by atoms with Gasteiger partial charge in [-0.3, -0.25) is 9.59 Å². The second kappa shape index (κ2) is 13.5. The molecule has 0 unspecified atom stereocenters. The summed E-state index contributed by atoms with van der Waals surface area (Å²) in [5, 5.41) is 15.4. The van der Waals surface area contributed by atoms with Crippen LogP contribution < -0.4 is 20.1 Å². The zero-order valence-electron chi connectivity index (χ0n) is 20.2. The summed E-state index contributed by atoms with van der Waals surface area (Å²) in [6.45, 7) is -0.273. The van der Waals surface area contributed by atoms with Gasteiger partial charge in [0.15, 0.2) is 18.1 Å². The predicted molar refractivity (Wildman–Crippen MR) is 151 cm³/mol. The number of amides is 2. The van der Waals surface area contributed by atoms with Gasteiger partial charge in [-0.2, -0.15) is 5.26 Å². The van der Waals surface area contributed by atoms with Gasteiger partial charge in [0.1, 0.15) is 11.6 Å². The number of nitrogens with zero attached hydrogens (tertiary/aromatic N) is 1. The Kier molecular flexibility index (Phi) is 10.1. The number of esters is 1. The molecule has 0 heterocycles. The highest BCUT2D eigenvalue weighted by Crippen LogP contribution is 2.34. The van der Waals surface area contributed by atoms with Crippen LogP contribution in [0.5, 0.6) is 11.5 Å². The molecular formula is C27H21ClIN3O6. The Morgan fingerprint density at radius 1 is 1.00 bits per heavy atom. The standard InChI is InChI=1S/C27H21ClIN3O6/c1-36-23-13-16(11-18(14-30)26(34)32-21-7-3-17(4-8-21)27(35)37-2)12-22(29)25(23)38-15-24(33)31-20-9-5-19(28)6-10-20/h3-13H,15H2,1-2H3,(H,31,33)(H,32,34)/b18-11+. The lowest BCUT2D eigenvalue weighted by atomic mass is 10.1. The van der Waals surface area contributed by atoms with Crippen molar-refractivity contribution in [3.05, 3.63) is 86.0 Å². The minimum Gasteiger partial charge on any atom is -0.493 e. The highest BCUT2D eigenvalue weighted by molar-refractivity contribution is 14.1. The topological polar surface area (TPSA) is 127 Å². The molecule has 9 nitrogen and oxygen atoms in total. The number of nitriles is 1. The van der Waals surface area contributed by atoms with Crippen molar-refractivity contribution in [1.29, 1.82) is 5.26 Å². The largest absolute Gasteiger partial charge is 0.493 e. The second-order valence-electron chi connectivity index (χ2n) is 7.57. The van der Waals surface area contributed by atoms with Crippen molar-refractivity contribution in [2.24, 2.45) is 0 Å². The summed E-state index contributed by atoms with van der Waals surface area (Å²) in [6, 6.07) is 17.9. The highest BCUT2D eigenvalue weighted by atomic mass is 127. The lowest BCUT2D eigenvalue weighted by Crippen LogP contribution is -2.20. The Bertz CT molecular complexity index is 1420. The van der Waals surface area contributed by atoms with Gasteiger partial charge in [-0.25, -0.2) is 4.79 Å². The van der Waals surface area contributed by atoms with Crippen LogP contribution in [0.3, 0.4) is 0 Å². The lowest BCUT2D eigenvalue weighted by Gasteiger charge is -2.14. The minimum atomic E-state index is -0.633. The molecule has 3 rings (SSSR count). The van der Waals surface area contributed by atoms with Crippen molar-refractivity contribution >= 4 is 69.4 Å². The van der Waals surface area contributed by atoms with E-state index < -0.39 is 11.9 Å². The van der Waals surface area contributed by atoms with Crippen LogP contribution in [0, 0.1) is 14.9 Å². The number of nitrogens with one attached hydrogen (secondary N) is 2. The van der Waals surface area contributed by atoms with E-state index >= 15 is 0 Å². The van der Waals surface area contributed by atoms with Crippen molar-refractivity contribution in [3.8, 4) is 17.6 Å². The Hall–Kier alpha value is -4.08. The van der Waals surface area contributed by atoms with Gasteiger partial charge in [0, 0.05) is 16.4 Å². The maximum atomic E-state index is 12.7. The first kappa shape index (κ1) is 28.5. The Balaban J connectivity index is 1.71. The molecule has 2 N–H and O–H groups in total. The van der Waals surface area contributed by atoms with Crippen LogP contribution in [-0.4, -0.2) is 38.6 Å². The molecule has 0 aromatic heterocycles. The van der Waals surface area contributed by atoms with Gasteiger partial charge in [0.25, 0.3) is 11.8 Å². The number of halogens is 2. The Morgan fingerprint density at radius 3 is 2.24 bits per heavy atom. The average molecular weight is 646 g/mol. The van der Waals surface area contributed by atoms with E-state index in [1.165, 1.54) is 44.6 Å². The van der Waals surface area contributed by atoms with Gasteiger partial charge < -0.3 is 24.8 Å². The summed E-state index contributed by atoms with van der Waals surface area (Å²) in [5.41, 5.74) is 1.66. The number of carbonyl (C=O) groups excluding carboxylic acids is 3. The van der Waals surface area contributed by atoms with Gasteiger partial charge in [-0.15, -0.1) is 0 Å². The highest BCUT2D eigenvalue weighted by Gasteiger charge is 2.16. The summed E-state index contributed by atoms with van der Waals surface area (Å²) >= 11 is 7.87. The molecule has 0 spiro atoms. The molecule has 11 heteroatoms. The molecule has 0 aliphatic heterocycles. The molecule has 0 aliphatic carbocycles. The second-order valence-corrected chi connectivity index (χ2v) is 9.17. The zero-order valence-corrected chi connectivity index (χ0v) is 23.1. The third-order valence-electron chi connectivity index (χ3n) is 4.97. The van der Waals surface area contributed by atoms with Crippen molar-refractivity contribution in [2.45, 2.75) is 0 Å². The number of methoxy groups -OCH3 is 2. The third kappa shape index (κ3) is 7.71. The summed E-state index contributed by atoms with van der Waals surface area (Å²) in [7, 11) is 2.71. The molecule has 194 valence electrons. The summed E-state index contributed by atoms with van der Waals surface area (Å²) < 4.78 is 16.4. The molecule has 0 bridgehead atoms. The molecular weight excluding hydrogens is 625 g/mol. The maximum absolute atomic E-state index is 12.7. The molecule has 0 aliphatic rings. The van der Waals surface area contributed by atoms with Crippen LogP contribution in [0.4, 0.5) is 11.4 Å². The molecule has 38 heavy (non-hydrogen) atoms. The van der Waals surface area contributed by atoms with E-state index in [2.05, 4.69) is 15.4 Å². The average Bonchev–Trinajstić information content (AvgIpc) is 2.91. The molecule has 3 aromatic carbocycles. The number of anilines is 2. The number of ether oxygens (including phenoxy) is 3. The van der Waals surface area contributed by atoms with E-state index in [1.807, 2.05) is 28.7 Å². The monoisotopic (exact) mass is 645 g/mol. The smallest absolute Gasteiger partial charge is 0.337 e. The van der Waals surface area contributed by atoms with E-state index in [0.29, 0.717) is 42.6 Å². The SMILES string of the molecule is COC(=O)c1ccc(NC(=O)/C(C#N)=C/c2cc(I)c(OCC(=O)Nc3ccc(Cl)cc3)c(OC)c2)cc1. The Morgan fingerprint density at radius 2 is 1.63 bits per heavy atom. The van der Waals surface area contributed by atoms with E-state index in [4.69, 9.17) is 21.1 Å². The lowest BCUT2D eigenvalue weighted by molar-refractivity contribution is -0.118. The van der Waals surface area contributed by atoms with E-state index in [-0.39, 0.29) is 18.1 Å². The first-order chi connectivity index (χ1) is 18.2. The van der Waals surface area contributed by atoms with Crippen molar-refractivity contribution in [2.75, 3.05) is 31.5 Å². The van der Waals surface area contributed by atoms with Crippen molar-refractivity contribution in [1.82, 2.24) is 0 Å². The molecule has 3 aromatic rings. The van der Waals surface area contributed by atoms with E-state index in [1.54, 1.807) is 36.4 Å². The van der Waals surface area contributed by atoms with Crippen molar-refractivity contribution < 1.29 is 28.6 Å². The molecule has 0 radical (unpaired) electrons. The summed E-state index contributed by atoms with van der Waals surface area (Å²) in [6.07, 6.45) is 1.40. The quantitative estimate of drug-likeness (QED) is 0.140. The number of rotatable bonds is 9. The van der Waals surface area contributed by atoms with Gasteiger partial charge in [0.05, 0.1) is 23.4 Å². The summed E-state index contributed by atoms with van der Waals surface area (Å²) in [4.78, 5) is 36.5. The normalized spacial score (nSPS) is 10.7. The molecule has 0 atom stereocenters. The first-order valence-electron chi connectivity index (χ1n) is 10.9. The number of benzene rings is 3. The zero-order chi connectivity index (χ0) is 27.7. The Labute approximate surface area is 237 Å². The van der Waals surface area contributed by atoms with Gasteiger partial charge in [-0.05, 0) is 94.9 Å². The molecule has 2 amide bonds. The van der Waals surface area contributed by atoms with Gasteiger partial charge in [-0.1, -0.05) is 11.6 Å². The molecule has 0 saturated heterocycles. The maximum Gasteiger partial charge on any atom is 0.337 e. The van der Waals surface area contributed by atoms with Gasteiger partial charge in [0.2, 0.25) is 0 Å². The number of hydrogen-bond acceptors (Lipinski definition) is 7. The van der Waals surface area contributed by atoms with Crippen LogP contribution in [0.2, 0.25) is 5.02 Å². The van der Waals surface area contributed by atoms with E-state index in [0.717, 1.165) is 0 Å². The number of hydrogen-bond donors (Lipinski definition) is 2. The predicted octanol–water partition coefficient (Wildman–Crippen LogP) is 5.30. The van der Waals surface area contributed by atoms with Gasteiger partial charge >= 0.3 is 5.97 Å². The molecule has 0 saturated carbocycles.